The lowest BCUT2D eigenvalue weighted by Crippen LogP contribution is -2.44. The zero-order valence-corrected chi connectivity index (χ0v) is 17.3. The molecule has 2 aliphatic rings. The maximum atomic E-state index is 6.00. The number of rotatable bonds is 8. The van der Waals surface area contributed by atoms with E-state index in [1.807, 2.05) is 18.2 Å². The third kappa shape index (κ3) is 6.10. The Balaban J connectivity index is 1.28. The van der Waals surface area contributed by atoms with Gasteiger partial charge in [0.15, 0.2) is 5.96 Å². The van der Waals surface area contributed by atoms with Crippen LogP contribution in [0.3, 0.4) is 0 Å². The largest absolute Gasteiger partial charge is 0.469 e. The molecule has 156 valence electrons. The first kappa shape index (κ1) is 20.0. The molecule has 1 unspecified atom stereocenters. The summed E-state index contributed by atoms with van der Waals surface area (Å²) in [6, 6.07) is 15.0. The van der Waals surface area contributed by atoms with Crippen molar-refractivity contribution in [2.24, 2.45) is 10.9 Å². The van der Waals surface area contributed by atoms with Gasteiger partial charge in [-0.3, -0.25) is 4.99 Å². The Bertz CT molecular complexity index is 739. The van der Waals surface area contributed by atoms with Gasteiger partial charge in [-0.15, -0.1) is 0 Å². The maximum Gasteiger partial charge on any atom is 0.194 e. The van der Waals surface area contributed by atoms with Crippen molar-refractivity contribution in [3.63, 3.8) is 0 Å². The number of likely N-dealkylation sites (tertiary alicyclic amines) is 1. The van der Waals surface area contributed by atoms with Gasteiger partial charge < -0.3 is 19.4 Å². The SMILES string of the molecule is c1ccc(COCC2CCN(C(=NCCc3ccco3)NC3CCCC3)C2)cc1. The number of aliphatic imine (C=N–C) groups is 1. The molecule has 2 heterocycles. The Morgan fingerprint density at radius 1 is 1.10 bits per heavy atom. The smallest absolute Gasteiger partial charge is 0.194 e. The fourth-order valence-electron chi connectivity index (χ4n) is 4.30. The lowest BCUT2D eigenvalue weighted by atomic mass is 10.1. The Morgan fingerprint density at radius 3 is 2.76 bits per heavy atom. The van der Waals surface area contributed by atoms with Crippen LogP contribution in [0.25, 0.3) is 0 Å². The lowest BCUT2D eigenvalue weighted by molar-refractivity contribution is 0.0906. The van der Waals surface area contributed by atoms with E-state index in [2.05, 4.69) is 34.5 Å². The molecule has 0 amide bonds. The highest BCUT2D eigenvalue weighted by Gasteiger charge is 2.27. The Hall–Kier alpha value is -2.27. The Labute approximate surface area is 174 Å². The fourth-order valence-corrected chi connectivity index (χ4v) is 4.30. The van der Waals surface area contributed by atoms with E-state index in [0.717, 1.165) is 44.4 Å². The number of guanidine groups is 1. The minimum absolute atomic E-state index is 0.569. The monoisotopic (exact) mass is 395 g/mol. The highest BCUT2D eigenvalue weighted by Crippen LogP contribution is 2.21. The van der Waals surface area contributed by atoms with Crippen LogP contribution in [0.15, 0.2) is 58.1 Å². The van der Waals surface area contributed by atoms with Gasteiger partial charge in [0.2, 0.25) is 0 Å². The average Bonchev–Trinajstić information content (AvgIpc) is 3.51. The first-order chi connectivity index (χ1) is 14.4. The quantitative estimate of drug-likeness (QED) is 0.536. The van der Waals surface area contributed by atoms with E-state index in [9.17, 15) is 0 Å². The number of nitrogens with one attached hydrogen (secondary N) is 1. The van der Waals surface area contributed by atoms with Gasteiger partial charge >= 0.3 is 0 Å². The molecule has 1 aromatic heterocycles. The van der Waals surface area contributed by atoms with E-state index in [1.54, 1.807) is 6.26 Å². The standard InChI is InChI=1S/C24H33N3O2/c1-2-7-20(8-3-1)18-28-19-21-13-15-27(17-21)24(26-22-9-4-5-10-22)25-14-12-23-11-6-16-29-23/h1-3,6-8,11,16,21-22H,4-5,9-10,12-15,17-19H2,(H,25,26). The second-order valence-corrected chi connectivity index (χ2v) is 8.26. The molecule has 1 N–H and O–H groups in total. The van der Waals surface area contributed by atoms with Crippen molar-refractivity contribution in [1.29, 1.82) is 0 Å². The summed E-state index contributed by atoms with van der Waals surface area (Å²) in [4.78, 5) is 7.36. The Morgan fingerprint density at radius 2 is 1.97 bits per heavy atom. The van der Waals surface area contributed by atoms with Gasteiger partial charge in [0, 0.05) is 38.0 Å². The number of ether oxygens (including phenoxy) is 1. The van der Waals surface area contributed by atoms with Crippen LogP contribution in [0.2, 0.25) is 0 Å². The van der Waals surface area contributed by atoms with E-state index in [4.69, 9.17) is 14.1 Å². The minimum atomic E-state index is 0.569. The van der Waals surface area contributed by atoms with Crippen molar-refractivity contribution in [2.75, 3.05) is 26.2 Å². The zero-order chi connectivity index (χ0) is 19.7. The summed E-state index contributed by atoms with van der Waals surface area (Å²) in [6.45, 7) is 4.34. The highest BCUT2D eigenvalue weighted by atomic mass is 16.5. The van der Waals surface area contributed by atoms with Crippen molar-refractivity contribution < 1.29 is 9.15 Å². The second kappa shape index (κ2) is 10.5. The molecule has 2 aromatic rings. The molecule has 0 bridgehead atoms. The molecule has 4 rings (SSSR count). The van der Waals surface area contributed by atoms with Gasteiger partial charge in [-0.1, -0.05) is 43.2 Å². The molecule has 0 radical (unpaired) electrons. The molecule has 1 aromatic carbocycles. The average molecular weight is 396 g/mol. The van der Waals surface area contributed by atoms with Gasteiger partial charge in [-0.25, -0.2) is 0 Å². The molecular weight excluding hydrogens is 362 g/mol. The summed E-state index contributed by atoms with van der Waals surface area (Å²) in [5.41, 5.74) is 1.24. The van der Waals surface area contributed by atoms with Crippen LogP contribution in [0.1, 0.15) is 43.4 Å². The van der Waals surface area contributed by atoms with Gasteiger partial charge in [-0.2, -0.15) is 0 Å². The molecule has 1 aliphatic heterocycles. The van der Waals surface area contributed by atoms with Crippen LogP contribution in [0.4, 0.5) is 0 Å². The molecule has 0 spiro atoms. The molecule has 1 atom stereocenters. The molecule has 1 saturated carbocycles. The number of benzene rings is 1. The van der Waals surface area contributed by atoms with Crippen LogP contribution in [-0.2, 0) is 17.8 Å². The molecule has 1 aliphatic carbocycles. The summed E-state index contributed by atoms with van der Waals surface area (Å²) >= 11 is 0. The van der Waals surface area contributed by atoms with Crippen molar-refractivity contribution in [3.05, 3.63) is 60.1 Å². The first-order valence-electron chi connectivity index (χ1n) is 11.1. The lowest BCUT2D eigenvalue weighted by Gasteiger charge is -2.25. The highest BCUT2D eigenvalue weighted by molar-refractivity contribution is 5.80. The van der Waals surface area contributed by atoms with E-state index in [-0.39, 0.29) is 0 Å². The first-order valence-corrected chi connectivity index (χ1v) is 11.1. The van der Waals surface area contributed by atoms with Gasteiger partial charge in [0.1, 0.15) is 5.76 Å². The molecule has 29 heavy (non-hydrogen) atoms. The van der Waals surface area contributed by atoms with E-state index < -0.39 is 0 Å². The fraction of sp³-hybridized carbons (Fsp3) is 0.542. The van der Waals surface area contributed by atoms with Crippen LogP contribution in [0.5, 0.6) is 0 Å². The van der Waals surface area contributed by atoms with Crippen LogP contribution in [0, 0.1) is 5.92 Å². The number of nitrogens with zero attached hydrogens (tertiary/aromatic N) is 2. The summed E-state index contributed by atoms with van der Waals surface area (Å²) in [5.74, 6) is 2.65. The van der Waals surface area contributed by atoms with E-state index >= 15 is 0 Å². The predicted molar refractivity (Wildman–Crippen MR) is 116 cm³/mol. The van der Waals surface area contributed by atoms with Crippen molar-refractivity contribution >= 4 is 5.96 Å². The molecule has 2 fully saturated rings. The molecule has 5 heteroatoms. The summed E-state index contributed by atoms with van der Waals surface area (Å²) in [6.07, 6.45) is 8.92. The van der Waals surface area contributed by atoms with E-state index in [0.29, 0.717) is 18.6 Å². The number of hydrogen-bond donors (Lipinski definition) is 1. The topological polar surface area (TPSA) is 50.0 Å². The number of furan rings is 1. The predicted octanol–water partition coefficient (Wildman–Crippen LogP) is 4.25. The van der Waals surface area contributed by atoms with Gasteiger partial charge in [0.05, 0.1) is 19.5 Å². The molecular formula is C24H33N3O2. The third-order valence-electron chi connectivity index (χ3n) is 5.94. The summed E-state index contributed by atoms with van der Waals surface area (Å²) in [5, 5.41) is 3.74. The number of hydrogen-bond acceptors (Lipinski definition) is 3. The third-order valence-corrected chi connectivity index (χ3v) is 5.94. The minimum Gasteiger partial charge on any atom is -0.469 e. The van der Waals surface area contributed by atoms with Crippen molar-refractivity contribution in [3.8, 4) is 0 Å². The van der Waals surface area contributed by atoms with Gasteiger partial charge in [-0.05, 0) is 37.0 Å². The Kier molecular flexibility index (Phi) is 7.24. The maximum absolute atomic E-state index is 6.00. The molecule has 5 nitrogen and oxygen atoms in total. The van der Waals surface area contributed by atoms with Crippen LogP contribution in [-0.4, -0.2) is 43.1 Å². The molecule has 1 saturated heterocycles. The van der Waals surface area contributed by atoms with Crippen molar-refractivity contribution in [2.45, 2.75) is 51.2 Å². The summed E-state index contributed by atoms with van der Waals surface area (Å²) < 4.78 is 11.4. The van der Waals surface area contributed by atoms with Crippen LogP contribution >= 0.6 is 0 Å². The normalized spacial score (nSPS) is 20.5. The van der Waals surface area contributed by atoms with Crippen LogP contribution < -0.4 is 5.32 Å². The zero-order valence-electron chi connectivity index (χ0n) is 17.3. The van der Waals surface area contributed by atoms with Crippen molar-refractivity contribution in [1.82, 2.24) is 10.2 Å². The van der Waals surface area contributed by atoms with E-state index in [1.165, 1.54) is 37.7 Å². The van der Waals surface area contributed by atoms with Gasteiger partial charge in [0.25, 0.3) is 0 Å². The second-order valence-electron chi connectivity index (χ2n) is 8.26. The summed E-state index contributed by atoms with van der Waals surface area (Å²) in [7, 11) is 0.